The van der Waals surface area contributed by atoms with Crippen LogP contribution in [0.5, 0.6) is 0 Å². The zero-order chi connectivity index (χ0) is 14.0. The highest BCUT2D eigenvalue weighted by Gasteiger charge is 2.37. The van der Waals surface area contributed by atoms with Crippen LogP contribution in [0, 0.1) is 13.8 Å². The second-order valence-corrected chi connectivity index (χ2v) is 5.93. The second-order valence-electron chi connectivity index (χ2n) is 5.93. The molecule has 20 heavy (non-hydrogen) atoms. The number of carbonyl (C=O) groups excluding carboxylic acids is 1. The van der Waals surface area contributed by atoms with Gasteiger partial charge in [-0.3, -0.25) is 4.79 Å². The van der Waals surface area contributed by atoms with Crippen molar-refractivity contribution in [1.82, 2.24) is 0 Å². The molecule has 0 aromatic heterocycles. The number of nitrogens with two attached hydrogens (primary N) is 1. The zero-order valence-electron chi connectivity index (χ0n) is 12.6. The summed E-state index contributed by atoms with van der Waals surface area (Å²) in [6.45, 7) is 4.10. The predicted octanol–water partition coefficient (Wildman–Crippen LogP) is 3.35. The van der Waals surface area contributed by atoms with E-state index in [1.807, 2.05) is 33.0 Å². The molecule has 3 nitrogen and oxygen atoms in total. The summed E-state index contributed by atoms with van der Waals surface area (Å²) in [5.74, 6) is 0.0530. The average molecular weight is 297 g/mol. The number of anilines is 1. The van der Waals surface area contributed by atoms with Crippen LogP contribution in [-0.4, -0.2) is 18.5 Å². The number of amides is 1. The molecule has 1 saturated carbocycles. The molecule has 0 saturated heterocycles. The van der Waals surface area contributed by atoms with E-state index in [0.29, 0.717) is 0 Å². The van der Waals surface area contributed by atoms with E-state index in [0.717, 1.165) is 31.4 Å². The van der Waals surface area contributed by atoms with Crippen molar-refractivity contribution in [2.75, 3.05) is 11.9 Å². The van der Waals surface area contributed by atoms with E-state index >= 15 is 0 Å². The Morgan fingerprint density at radius 2 is 1.60 bits per heavy atom. The lowest BCUT2D eigenvalue weighted by atomic mass is 9.81. The molecule has 2 N–H and O–H groups in total. The third-order valence-electron chi connectivity index (χ3n) is 4.07. The van der Waals surface area contributed by atoms with Crippen molar-refractivity contribution in [1.29, 1.82) is 0 Å². The third kappa shape index (κ3) is 3.53. The van der Waals surface area contributed by atoms with E-state index in [1.165, 1.54) is 17.5 Å². The highest BCUT2D eigenvalue weighted by molar-refractivity contribution is 5.99. The summed E-state index contributed by atoms with van der Waals surface area (Å²) in [4.78, 5) is 14.4. The van der Waals surface area contributed by atoms with Gasteiger partial charge in [0.15, 0.2) is 0 Å². The Morgan fingerprint density at radius 3 is 2.10 bits per heavy atom. The van der Waals surface area contributed by atoms with E-state index < -0.39 is 5.54 Å². The lowest BCUT2D eigenvalue weighted by molar-refractivity contribution is -0.124. The molecule has 0 atom stereocenters. The van der Waals surface area contributed by atoms with E-state index in [4.69, 9.17) is 5.73 Å². The van der Waals surface area contributed by atoms with Gasteiger partial charge in [0.1, 0.15) is 0 Å². The molecule has 2 rings (SSSR count). The van der Waals surface area contributed by atoms with E-state index in [-0.39, 0.29) is 18.3 Å². The molecule has 0 unspecified atom stereocenters. The molecule has 0 heterocycles. The second kappa shape index (κ2) is 6.59. The van der Waals surface area contributed by atoms with Gasteiger partial charge < -0.3 is 10.6 Å². The van der Waals surface area contributed by atoms with Crippen LogP contribution in [0.25, 0.3) is 0 Å². The first-order valence-corrected chi connectivity index (χ1v) is 7.08. The highest BCUT2D eigenvalue weighted by atomic mass is 35.5. The Hall–Kier alpha value is -1.06. The number of aryl methyl sites for hydroxylation is 2. The van der Waals surface area contributed by atoms with Crippen LogP contribution in [0.1, 0.15) is 43.2 Å². The van der Waals surface area contributed by atoms with Crippen LogP contribution in [0.3, 0.4) is 0 Å². The lowest BCUT2D eigenvalue weighted by Gasteiger charge is -2.35. The fourth-order valence-electron chi connectivity index (χ4n) is 2.99. The smallest absolute Gasteiger partial charge is 0.246 e. The zero-order valence-corrected chi connectivity index (χ0v) is 13.4. The molecule has 0 radical (unpaired) electrons. The minimum absolute atomic E-state index is 0. The number of rotatable bonds is 2. The Balaban J connectivity index is 0.00000200. The molecule has 1 fully saturated rings. The van der Waals surface area contributed by atoms with Crippen LogP contribution in [0.15, 0.2) is 18.2 Å². The van der Waals surface area contributed by atoms with Gasteiger partial charge in [-0.15, -0.1) is 12.4 Å². The summed E-state index contributed by atoms with van der Waals surface area (Å²) >= 11 is 0. The molecule has 0 spiro atoms. The SMILES string of the molecule is Cc1cc(C)cc(N(C)C(=O)C2(N)CCCCC2)c1.Cl. The minimum Gasteiger partial charge on any atom is -0.317 e. The van der Waals surface area contributed by atoms with Gasteiger partial charge in [-0.25, -0.2) is 0 Å². The summed E-state index contributed by atoms with van der Waals surface area (Å²) in [6.07, 6.45) is 4.92. The van der Waals surface area contributed by atoms with Crippen molar-refractivity contribution in [3.8, 4) is 0 Å². The normalized spacial score (nSPS) is 17.2. The fraction of sp³-hybridized carbons (Fsp3) is 0.562. The van der Waals surface area contributed by atoms with Crippen molar-refractivity contribution in [3.63, 3.8) is 0 Å². The van der Waals surface area contributed by atoms with Crippen LogP contribution in [-0.2, 0) is 4.79 Å². The molecule has 1 aromatic carbocycles. The minimum atomic E-state index is -0.662. The summed E-state index contributed by atoms with van der Waals surface area (Å²) in [6, 6.07) is 6.19. The van der Waals surface area contributed by atoms with Gasteiger partial charge in [0.05, 0.1) is 5.54 Å². The molecule has 112 valence electrons. The van der Waals surface area contributed by atoms with E-state index in [2.05, 4.69) is 6.07 Å². The first kappa shape index (κ1) is 17.0. The van der Waals surface area contributed by atoms with E-state index in [9.17, 15) is 4.79 Å². The lowest BCUT2D eigenvalue weighted by Crippen LogP contribution is -2.55. The van der Waals surface area contributed by atoms with Gasteiger partial charge in [0.25, 0.3) is 0 Å². The van der Waals surface area contributed by atoms with Gasteiger partial charge >= 0.3 is 0 Å². The van der Waals surface area contributed by atoms with Crippen molar-refractivity contribution >= 4 is 24.0 Å². The molecule has 0 aliphatic heterocycles. The topological polar surface area (TPSA) is 46.3 Å². The van der Waals surface area contributed by atoms with Crippen LogP contribution < -0.4 is 10.6 Å². The van der Waals surface area contributed by atoms with Crippen molar-refractivity contribution in [3.05, 3.63) is 29.3 Å². The largest absolute Gasteiger partial charge is 0.317 e. The Kier molecular flexibility index (Phi) is 5.60. The molecular formula is C16H25ClN2O. The molecular weight excluding hydrogens is 272 g/mol. The maximum Gasteiger partial charge on any atom is 0.246 e. The molecule has 0 bridgehead atoms. The Labute approximate surface area is 127 Å². The monoisotopic (exact) mass is 296 g/mol. The number of benzene rings is 1. The van der Waals surface area contributed by atoms with Crippen LogP contribution in [0.4, 0.5) is 5.69 Å². The number of hydrogen-bond acceptors (Lipinski definition) is 2. The fourth-order valence-corrected chi connectivity index (χ4v) is 2.99. The molecule has 1 amide bonds. The Morgan fingerprint density at radius 1 is 1.10 bits per heavy atom. The number of hydrogen-bond donors (Lipinski definition) is 1. The van der Waals surface area contributed by atoms with Gasteiger partial charge in [0, 0.05) is 12.7 Å². The molecule has 1 aromatic rings. The molecule has 4 heteroatoms. The van der Waals surface area contributed by atoms with Crippen molar-refractivity contribution in [2.45, 2.75) is 51.5 Å². The first-order valence-electron chi connectivity index (χ1n) is 7.08. The highest BCUT2D eigenvalue weighted by Crippen LogP contribution is 2.29. The number of likely N-dealkylation sites (N-methyl/N-ethyl adjacent to an activating group) is 1. The number of halogens is 1. The molecule has 1 aliphatic rings. The summed E-state index contributed by atoms with van der Waals surface area (Å²) in [5, 5.41) is 0. The predicted molar refractivity (Wildman–Crippen MR) is 86.6 cm³/mol. The number of nitrogens with zero attached hydrogens (tertiary/aromatic N) is 1. The Bertz CT molecular complexity index is 461. The van der Waals surface area contributed by atoms with Gasteiger partial charge in [-0.2, -0.15) is 0 Å². The summed E-state index contributed by atoms with van der Waals surface area (Å²) in [5.41, 5.74) is 8.95. The summed E-state index contributed by atoms with van der Waals surface area (Å²) < 4.78 is 0. The standard InChI is InChI=1S/C16H24N2O.ClH/c1-12-9-13(2)11-14(10-12)18(3)15(19)16(17)7-5-4-6-8-16;/h9-11H,4-8,17H2,1-3H3;1H. The first-order chi connectivity index (χ1) is 8.92. The van der Waals surface area contributed by atoms with Crippen molar-refractivity contribution < 1.29 is 4.79 Å². The maximum atomic E-state index is 12.6. The summed E-state index contributed by atoms with van der Waals surface area (Å²) in [7, 11) is 1.83. The van der Waals surface area contributed by atoms with Crippen LogP contribution in [0.2, 0.25) is 0 Å². The van der Waals surface area contributed by atoms with Crippen molar-refractivity contribution in [2.24, 2.45) is 5.73 Å². The maximum absolute atomic E-state index is 12.6. The van der Waals surface area contributed by atoms with Gasteiger partial charge in [-0.05, 0) is 49.9 Å². The average Bonchev–Trinajstić information content (AvgIpc) is 2.36. The number of carbonyl (C=O) groups is 1. The quantitative estimate of drug-likeness (QED) is 0.910. The van der Waals surface area contributed by atoms with Crippen LogP contribution >= 0.6 is 12.4 Å². The van der Waals surface area contributed by atoms with Gasteiger partial charge in [-0.1, -0.05) is 25.3 Å². The van der Waals surface area contributed by atoms with E-state index in [1.54, 1.807) is 4.90 Å². The van der Waals surface area contributed by atoms with Gasteiger partial charge in [0.2, 0.25) is 5.91 Å². The molecule has 1 aliphatic carbocycles. The third-order valence-corrected chi connectivity index (χ3v) is 4.07.